The second kappa shape index (κ2) is 9.99. The van der Waals surface area contributed by atoms with Crippen molar-refractivity contribution in [2.24, 2.45) is 0 Å². The van der Waals surface area contributed by atoms with E-state index in [1.807, 2.05) is 36.4 Å². The number of pyridine rings is 1. The lowest BCUT2D eigenvalue weighted by Crippen LogP contribution is -2.38. The van der Waals surface area contributed by atoms with Crippen molar-refractivity contribution in [3.05, 3.63) is 53.9 Å². The Balaban J connectivity index is 1.67. The molecule has 0 saturated carbocycles. The highest BCUT2D eigenvalue weighted by Gasteiger charge is 2.15. The van der Waals surface area contributed by atoms with E-state index in [0.717, 1.165) is 36.3 Å². The molecule has 1 aliphatic heterocycles. The van der Waals surface area contributed by atoms with E-state index in [4.69, 9.17) is 0 Å². The van der Waals surface area contributed by atoms with Crippen LogP contribution in [0.25, 0.3) is 11.1 Å². The first-order valence-electron chi connectivity index (χ1n) is 9.93. The van der Waals surface area contributed by atoms with E-state index in [2.05, 4.69) is 20.5 Å². The molecule has 0 aliphatic carbocycles. The van der Waals surface area contributed by atoms with E-state index in [9.17, 15) is 9.59 Å². The molecule has 2 heterocycles. The van der Waals surface area contributed by atoms with Crippen LogP contribution in [-0.4, -0.2) is 47.9 Å². The van der Waals surface area contributed by atoms with E-state index in [-0.39, 0.29) is 11.8 Å². The number of carbonyl (C=O) groups is 2. The molecule has 6 heteroatoms. The fourth-order valence-corrected chi connectivity index (χ4v) is 3.49. The van der Waals surface area contributed by atoms with Crippen LogP contribution < -0.4 is 10.6 Å². The van der Waals surface area contributed by atoms with Crippen molar-refractivity contribution in [3.63, 3.8) is 0 Å². The maximum Gasteiger partial charge on any atom is 0.270 e. The van der Waals surface area contributed by atoms with Gasteiger partial charge in [-0.05, 0) is 49.2 Å². The Morgan fingerprint density at radius 1 is 1.07 bits per heavy atom. The number of piperidine rings is 1. The summed E-state index contributed by atoms with van der Waals surface area (Å²) in [5.41, 5.74) is 3.12. The summed E-state index contributed by atoms with van der Waals surface area (Å²) in [6, 6.07) is 11.6. The van der Waals surface area contributed by atoms with Crippen molar-refractivity contribution in [1.29, 1.82) is 0 Å². The maximum atomic E-state index is 12.7. The van der Waals surface area contributed by atoms with E-state index < -0.39 is 0 Å². The first-order chi connectivity index (χ1) is 13.6. The number of carbonyl (C=O) groups excluding carboxylic acids is 2. The lowest BCUT2D eigenvalue weighted by atomic mass is 10.0. The van der Waals surface area contributed by atoms with Crippen molar-refractivity contribution in [1.82, 2.24) is 20.5 Å². The van der Waals surface area contributed by atoms with Gasteiger partial charge in [-0.25, -0.2) is 0 Å². The zero-order chi connectivity index (χ0) is 19.8. The Kier molecular flexibility index (Phi) is 7.14. The summed E-state index contributed by atoms with van der Waals surface area (Å²) in [4.78, 5) is 30.6. The van der Waals surface area contributed by atoms with Gasteiger partial charge in [-0.2, -0.15) is 0 Å². The van der Waals surface area contributed by atoms with Gasteiger partial charge in [0.2, 0.25) is 5.91 Å². The number of rotatable bonds is 7. The minimum atomic E-state index is -0.153. The minimum Gasteiger partial charge on any atom is -0.352 e. The van der Waals surface area contributed by atoms with Crippen molar-refractivity contribution >= 4 is 11.8 Å². The Morgan fingerprint density at radius 2 is 1.89 bits per heavy atom. The Morgan fingerprint density at radius 3 is 2.68 bits per heavy atom. The van der Waals surface area contributed by atoms with Gasteiger partial charge in [-0.1, -0.05) is 30.7 Å². The second-order valence-corrected chi connectivity index (χ2v) is 7.17. The van der Waals surface area contributed by atoms with Gasteiger partial charge in [-0.15, -0.1) is 0 Å². The first-order valence-corrected chi connectivity index (χ1v) is 9.93. The van der Waals surface area contributed by atoms with Crippen molar-refractivity contribution < 1.29 is 9.59 Å². The van der Waals surface area contributed by atoms with Crippen molar-refractivity contribution in [2.45, 2.75) is 32.7 Å². The molecule has 0 spiro atoms. The number of hydrogen-bond donors (Lipinski definition) is 2. The summed E-state index contributed by atoms with van der Waals surface area (Å²) in [5.74, 6) is -0.222. The van der Waals surface area contributed by atoms with Crippen LogP contribution in [0.5, 0.6) is 0 Å². The molecule has 3 rings (SSSR count). The van der Waals surface area contributed by atoms with Crippen LogP contribution in [-0.2, 0) is 11.3 Å². The molecular formula is C22H28N4O2. The molecule has 2 aromatic rings. The molecule has 1 aliphatic rings. The van der Waals surface area contributed by atoms with Crippen LogP contribution in [0.1, 0.15) is 42.2 Å². The number of nitrogens with zero attached hydrogens (tertiary/aromatic N) is 2. The lowest BCUT2D eigenvalue weighted by molar-refractivity contribution is -0.119. The topological polar surface area (TPSA) is 74.3 Å². The Bertz CT molecular complexity index is 816. The predicted molar refractivity (Wildman–Crippen MR) is 110 cm³/mol. The minimum absolute atomic E-state index is 0.0689. The predicted octanol–water partition coefficient (Wildman–Crippen LogP) is 2.60. The molecule has 2 N–H and O–H groups in total. The fourth-order valence-electron chi connectivity index (χ4n) is 3.49. The fraction of sp³-hybridized carbons (Fsp3) is 0.409. The summed E-state index contributed by atoms with van der Waals surface area (Å²) in [5, 5.41) is 5.81. The van der Waals surface area contributed by atoms with Crippen LogP contribution in [0, 0.1) is 0 Å². The van der Waals surface area contributed by atoms with E-state index in [1.54, 1.807) is 6.20 Å². The number of nitrogens with one attached hydrogen (secondary N) is 2. The highest BCUT2D eigenvalue weighted by Crippen LogP contribution is 2.23. The molecule has 1 aromatic heterocycles. The molecule has 148 valence electrons. The number of amides is 2. The molecule has 1 fully saturated rings. The van der Waals surface area contributed by atoms with Gasteiger partial charge < -0.3 is 15.5 Å². The lowest BCUT2D eigenvalue weighted by Gasteiger charge is -2.26. The molecule has 0 atom stereocenters. The van der Waals surface area contributed by atoms with Gasteiger partial charge in [0.1, 0.15) is 5.69 Å². The van der Waals surface area contributed by atoms with Crippen LogP contribution in [0.2, 0.25) is 0 Å². The van der Waals surface area contributed by atoms with Gasteiger partial charge in [0.25, 0.3) is 5.91 Å². The quantitative estimate of drug-likeness (QED) is 0.774. The van der Waals surface area contributed by atoms with Crippen LogP contribution in [0.15, 0.2) is 42.6 Å². The molecule has 1 aromatic carbocycles. The summed E-state index contributed by atoms with van der Waals surface area (Å²) in [6.45, 7) is 5.69. The number of benzene rings is 1. The zero-order valence-electron chi connectivity index (χ0n) is 16.4. The molecule has 0 unspecified atom stereocenters. The van der Waals surface area contributed by atoms with Crippen LogP contribution in [0.3, 0.4) is 0 Å². The second-order valence-electron chi connectivity index (χ2n) is 7.17. The average molecular weight is 380 g/mol. The third kappa shape index (κ3) is 5.63. The van der Waals surface area contributed by atoms with Crippen molar-refractivity contribution in [3.8, 4) is 11.1 Å². The van der Waals surface area contributed by atoms with Crippen molar-refractivity contribution in [2.75, 3.05) is 26.2 Å². The summed E-state index contributed by atoms with van der Waals surface area (Å²) in [7, 11) is 0. The molecular weight excluding hydrogens is 352 g/mol. The Hall–Kier alpha value is -2.73. The van der Waals surface area contributed by atoms with Gasteiger partial charge in [0.15, 0.2) is 0 Å². The third-order valence-electron chi connectivity index (χ3n) is 4.96. The average Bonchev–Trinajstić information content (AvgIpc) is 2.73. The summed E-state index contributed by atoms with van der Waals surface area (Å²) >= 11 is 0. The molecule has 28 heavy (non-hydrogen) atoms. The van der Waals surface area contributed by atoms with Gasteiger partial charge >= 0.3 is 0 Å². The van der Waals surface area contributed by atoms with Gasteiger partial charge in [0.05, 0.1) is 0 Å². The Labute approximate surface area is 166 Å². The zero-order valence-corrected chi connectivity index (χ0v) is 16.4. The molecule has 0 radical (unpaired) electrons. The van der Waals surface area contributed by atoms with E-state index in [0.29, 0.717) is 18.8 Å². The largest absolute Gasteiger partial charge is 0.352 e. The number of likely N-dealkylation sites (tertiary alicyclic amines) is 1. The normalized spacial score (nSPS) is 14.5. The van der Waals surface area contributed by atoms with Gasteiger partial charge in [0, 0.05) is 38.3 Å². The van der Waals surface area contributed by atoms with E-state index >= 15 is 0 Å². The molecule has 1 saturated heterocycles. The van der Waals surface area contributed by atoms with Gasteiger partial charge in [-0.3, -0.25) is 14.6 Å². The van der Waals surface area contributed by atoms with Crippen LogP contribution in [0.4, 0.5) is 0 Å². The molecule has 2 amide bonds. The first kappa shape index (κ1) is 20.0. The van der Waals surface area contributed by atoms with E-state index in [1.165, 1.54) is 26.2 Å². The van der Waals surface area contributed by atoms with Crippen LogP contribution >= 0.6 is 0 Å². The third-order valence-corrected chi connectivity index (χ3v) is 4.96. The standard InChI is InChI=1S/C22H28N4O2/c1-17(27)25-16-18-7-5-8-19(15-18)20-9-6-10-23-21(20)22(28)24-11-14-26-12-3-2-4-13-26/h5-10,15H,2-4,11-14,16H2,1H3,(H,24,28)(H,25,27). The molecule has 0 bridgehead atoms. The molecule has 6 nitrogen and oxygen atoms in total. The monoisotopic (exact) mass is 380 g/mol. The summed E-state index contributed by atoms with van der Waals surface area (Å²) in [6.07, 6.45) is 5.44. The number of hydrogen-bond acceptors (Lipinski definition) is 4. The highest BCUT2D eigenvalue weighted by atomic mass is 16.2. The SMILES string of the molecule is CC(=O)NCc1cccc(-c2cccnc2C(=O)NCCN2CCCCC2)c1. The number of aromatic nitrogens is 1. The smallest absolute Gasteiger partial charge is 0.270 e. The summed E-state index contributed by atoms with van der Waals surface area (Å²) < 4.78 is 0. The highest BCUT2D eigenvalue weighted by molar-refractivity contribution is 5.98. The maximum absolute atomic E-state index is 12.7.